The Labute approximate surface area is 190 Å². The minimum atomic E-state index is -2.60. The summed E-state index contributed by atoms with van der Waals surface area (Å²) in [4.78, 5) is 17.3. The maximum absolute atomic E-state index is 12.4. The Bertz CT molecular complexity index is 1310. The zero-order chi connectivity index (χ0) is 21.0. The van der Waals surface area contributed by atoms with Crippen molar-refractivity contribution in [3.05, 3.63) is 80.9 Å². The molecule has 5 rings (SSSR count). The molecule has 1 aliphatic heterocycles. The van der Waals surface area contributed by atoms with Gasteiger partial charge in [-0.15, -0.1) is 0 Å². The van der Waals surface area contributed by atoms with Gasteiger partial charge in [-0.05, 0) is 0 Å². The van der Waals surface area contributed by atoms with Gasteiger partial charge in [0, 0.05) is 0 Å². The van der Waals surface area contributed by atoms with E-state index >= 15 is 0 Å². The fourth-order valence-corrected chi connectivity index (χ4v) is 12.2. The van der Waals surface area contributed by atoms with E-state index in [1.165, 1.54) is 9.62 Å². The summed E-state index contributed by atoms with van der Waals surface area (Å²) in [6, 6.07) is 16.2. The number of carbonyl (C=O) groups excluding carboxylic acids is 1. The van der Waals surface area contributed by atoms with Crippen molar-refractivity contribution in [1.82, 2.24) is 0 Å². The average molecular weight is 539 g/mol. The summed E-state index contributed by atoms with van der Waals surface area (Å²) in [5, 5.41) is 14.4. The van der Waals surface area contributed by atoms with Gasteiger partial charge in [-0.3, -0.25) is 0 Å². The van der Waals surface area contributed by atoms with Crippen LogP contribution in [0.3, 0.4) is 0 Å². The molecule has 0 bridgehead atoms. The molecule has 2 aliphatic rings. The molecule has 30 heavy (non-hydrogen) atoms. The quantitative estimate of drug-likeness (QED) is 0.395. The number of aliphatic imine (C=N–C) groups is 1. The number of ketones is 1. The number of rotatable bonds is 2. The van der Waals surface area contributed by atoms with Gasteiger partial charge >= 0.3 is 191 Å². The van der Waals surface area contributed by atoms with Gasteiger partial charge in [0.15, 0.2) is 0 Å². The zero-order valence-corrected chi connectivity index (χ0v) is 20.7. The van der Waals surface area contributed by atoms with Gasteiger partial charge < -0.3 is 0 Å². The van der Waals surface area contributed by atoms with E-state index in [9.17, 15) is 9.90 Å². The van der Waals surface area contributed by atoms with Crippen LogP contribution in [0.25, 0.3) is 10.0 Å². The van der Waals surface area contributed by atoms with E-state index in [1.807, 2.05) is 30.3 Å². The topological polar surface area (TPSA) is 49.7 Å². The summed E-state index contributed by atoms with van der Waals surface area (Å²) in [5.41, 5.74) is 2.63. The standard InChI is InChI=1S/C24H18BrNO2SeSi/c1-14-12-17(25)23(29-14)22-20(28)11-10-19-24(22)30(2,16-6-4-3-5-7-16)21-13-15(27)8-9-18(21)26-19/h3-13,28H,1-2H3. The Balaban J connectivity index is 1.94. The van der Waals surface area contributed by atoms with Crippen LogP contribution in [0.2, 0.25) is 6.55 Å². The molecular weight excluding hydrogens is 521 g/mol. The fraction of sp³-hybridized carbons (Fsp3) is 0.0833. The van der Waals surface area contributed by atoms with E-state index in [0.717, 1.165) is 36.3 Å². The Morgan fingerprint density at radius 3 is 2.57 bits per heavy atom. The molecule has 0 saturated carbocycles. The number of benzene rings is 2. The second kappa shape index (κ2) is 7.17. The molecular formula is C24H18BrNO2SeSi. The number of fused-ring (bicyclic) bond motifs is 2. The van der Waals surface area contributed by atoms with Crippen LogP contribution >= 0.6 is 15.9 Å². The van der Waals surface area contributed by atoms with Crippen LogP contribution in [0.4, 0.5) is 5.69 Å². The first-order valence-corrected chi connectivity index (χ1v) is 14.6. The third-order valence-electron chi connectivity index (χ3n) is 5.80. The van der Waals surface area contributed by atoms with Gasteiger partial charge in [-0.2, -0.15) is 0 Å². The van der Waals surface area contributed by atoms with Gasteiger partial charge in [-0.1, -0.05) is 0 Å². The molecule has 148 valence electrons. The number of hydrogen-bond donors (Lipinski definition) is 1. The number of hydrogen-bond acceptors (Lipinski definition) is 3. The van der Waals surface area contributed by atoms with Gasteiger partial charge in [-0.25, -0.2) is 0 Å². The van der Waals surface area contributed by atoms with Crippen molar-refractivity contribution in [3.63, 3.8) is 0 Å². The van der Waals surface area contributed by atoms with Crippen molar-refractivity contribution < 1.29 is 9.90 Å². The normalized spacial score (nSPS) is 19.8. The van der Waals surface area contributed by atoms with Crippen LogP contribution < -0.4 is 10.4 Å². The monoisotopic (exact) mass is 539 g/mol. The predicted molar refractivity (Wildman–Crippen MR) is 130 cm³/mol. The van der Waals surface area contributed by atoms with Crippen molar-refractivity contribution in [2.45, 2.75) is 13.5 Å². The Morgan fingerprint density at radius 2 is 1.87 bits per heavy atom. The first-order chi connectivity index (χ1) is 14.4. The molecule has 6 heteroatoms. The number of phenols is 1. The van der Waals surface area contributed by atoms with Crippen LogP contribution in [0, 0.1) is 6.92 Å². The molecule has 3 nitrogen and oxygen atoms in total. The van der Waals surface area contributed by atoms with E-state index in [4.69, 9.17) is 4.99 Å². The van der Waals surface area contributed by atoms with Crippen LogP contribution in [0.15, 0.2) is 81.4 Å². The summed E-state index contributed by atoms with van der Waals surface area (Å²) in [7, 11) is -2.60. The zero-order valence-electron chi connectivity index (χ0n) is 16.4. The van der Waals surface area contributed by atoms with Crippen molar-refractivity contribution in [1.29, 1.82) is 0 Å². The molecule has 3 aromatic rings. The van der Waals surface area contributed by atoms with Gasteiger partial charge in [0.25, 0.3) is 0 Å². The van der Waals surface area contributed by atoms with Crippen molar-refractivity contribution in [2.75, 3.05) is 0 Å². The molecule has 1 N–H and O–H groups in total. The number of nitrogens with zero attached hydrogens (tertiary/aromatic N) is 1. The number of carbonyl (C=O) groups is 1. The fourth-order valence-electron chi connectivity index (χ4n) is 4.41. The number of aryl methyl sites for hydroxylation is 1. The van der Waals surface area contributed by atoms with Gasteiger partial charge in [0.1, 0.15) is 0 Å². The van der Waals surface area contributed by atoms with Crippen LogP contribution in [0.1, 0.15) is 4.44 Å². The predicted octanol–water partition coefficient (Wildman–Crippen LogP) is 4.07. The van der Waals surface area contributed by atoms with Crippen LogP contribution in [-0.2, 0) is 4.79 Å². The first kappa shape index (κ1) is 19.7. The molecule has 0 saturated heterocycles. The molecule has 1 aliphatic carbocycles. The molecule has 1 unspecified atom stereocenters. The van der Waals surface area contributed by atoms with E-state index < -0.39 is 8.07 Å². The van der Waals surface area contributed by atoms with E-state index in [1.54, 1.807) is 18.2 Å². The molecule has 2 aromatic carbocycles. The number of phenolic OH excluding ortho intramolecular Hbond substituents is 1. The third-order valence-corrected chi connectivity index (χ3v) is 13.7. The van der Waals surface area contributed by atoms with Crippen molar-refractivity contribution in [3.8, 4) is 15.8 Å². The first-order valence-electron chi connectivity index (χ1n) is 9.61. The average Bonchev–Trinajstić information content (AvgIpc) is 3.07. The summed E-state index contributed by atoms with van der Waals surface area (Å²) >= 11 is 3.85. The summed E-state index contributed by atoms with van der Waals surface area (Å²) < 4.78 is 3.47. The number of allylic oxidation sites excluding steroid dienone is 4. The maximum atomic E-state index is 12.4. The molecule has 0 spiro atoms. The van der Waals surface area contributed by atoms with Crippen molar-refractivity contribution >= 4 is 66.1 Å². The molecule has 0 radical (unpaired) electrons. The second-order valence-corrected chi connectivity index (χ2v) is 15.0. The number of halogens is 1. The van der Waals surface area contributed by atoms with E-state index in [2.05, 4.69) is 47.6 Å². The Kier molecular flexibility index (Phi) is 4.71. The molecule has 1 aromatic heterocycles. The van der Waals surface area contributed by atoms with Gasteiger partial charge in [0.05, 0.1) is 0 Å². The number of aromatic hydroxyl groups is 1. The Morgan fingerprint density at radius 1 is 1.10 bits per heavy atom. The molecule has 1 atom stereocenters. The minimum absolute atomic E-state index is 0.00764. The molecule has 0 fully saturated rings. The summed E-state index contributed by atoms with van der Waals surface area (Å²) in [5.74, 6) is 0.268. The summed E-state index contributed by atoms with van der Waals surface area (Å²) in [6.07, 6.45) is 5.17. The third kappa shape index (κ3) is 2.90. The summed E-state index contributed by atoms with van der Waals surface area (Å²) in [6.45, 7) is 4.39. The molecule has 2 heterocycles. The van der Waals surface area contributed by atoms with E-state index in [0.29, 0.717) is 0 Å². The van der Waals surface area contributed by atoms with Crippen LogP contribution in [-0.4, -0.2) is 39.2 Å². The SMILES string of the molecule is Cc1cc(Br)c(-c2c(O)ccc3c2[Si](C)(c2ccccc2)C2=CC(=O)C=CC2=N3)[se]1. The molecule has 0 amide bonds. The second-order valence-electron chi connectivity index (χ2n) is 7.67. The van der Waals surface area contributed by atoms with Gasteiger partial charge in [0.2, 0.25) is 0 Å². The Hall–Kier alpha value is -2.24. The van der Waals surface area contributed by atoms with Crippen molar-refractivity contribution in [2.24, 2.45) is 4.99 Å². The van der Waals surface area contributed by atoms with E-state index in [-0.39, 0.29) is 26.0 Å². The van der Waals surface area contributed by atoms with Crippen LogP contribution in [0.5, 0.6) is 5.75 Å².